The van der Waals surface area contributed by atoms with Crippen molar-refractivity contribution in [2.75, 3.05) is 6.54 Å². The molecule has 47 heavy (non-hydrogen) atoms. The van der Waals surface area contributed by atoms with Crippen LogP contribution in [0.1, 0.15) is 113 Å². The number of urea groups is 1. The smallest absolute Gasteiger partial charge is 0.329 e. The van der Waals surface area contributed by atoms with Crippen molar-refractivity contribution in [3.05, 3.63) is 0 Å². The molecule has 0 aromatic rings. The lowest BCUT2D eigenvalue weighted by Crippen LogP contribution is -2.62. The van der Waals surface area contributed by atoms with Crippen molar-refractivity contribution in [3.8, 4) is 0 Å². The minimum Gasteiger partial charge on any atom is -0.458 e. The van der Waals surface area contributed by atoms with E-state index in [9.17, 15) is 28.8 Å². The van der Waals surface area contributed by atoms with Gasteiger partial charge in [-0.3, -0.25) is 19.2 Å². The maximum Gasteiger partial charge on any atom is 0.329 e. The second-order valence-corrected chi connectivity index (χ2v) is 17.0. The second kappa shape index (κ2) is 13.7. The monoisotopic (exact) mass is 659 g/mol. The fourth-order valence-electron chi connectivity index (χ4n) is 7.87. The van der Waals surface area contributed by atoms with Crippen molar-refractivity contribution in [2.24, 2.45) is 40.2 Å². The van der Waals surface area contributed by atoms with Gasteiger partial charge in [0.1, 0.15) is 23.7 Å². The number of rotatable bonds is 11. The van der Waals surface area contributed by atoms with Crippen LogP contribution in [0, 0.1) is 34.5 Å². The zero-order chi connectivity index (χ0) is 35.1. The summed E-state index contributed by atoms with van der Waals surface area (Å²) >= 11 is 0. The Morgan fingerprint density at radius 1 is 0.872 bits per heavy atom. The molecule has 3 aliphatic carbocycles. The number of likely N-dealkylation sites (tertiary alicyclic amines) is 1. The second-order valence-electron chi connectivity index (χ2n) is 17.0. The highest BCUT2D eigenvalue weighted by atomic mass is 16.6. The molecular weight excluding hydrogens is 602 g/mol. The number of fused-ring (bicyclic) bond motifs is 1. The lowest BCUT2D eigenvalue weighted by Gasteiger charge is -2.38. The van der Waals surface area contributed by atoms with E-state index in [1.54, 1.807) is 25.7 Å². The number of ketones is 1. The molecule has 0 aromatic carbocycles. The molecule has 5 N–H and O–H groups in total. The normalized spacial score (nSPS) is 26.1. The van der Waals surface area contributed by atoms with Gasteiger partial charge in [-0.25, -0.2) is 9.59 Å². The van der Waals surface area contributed by atoms with Crippen molar-refractivity contribution in [2.45, 2.75) is 143 Å². The minimum atomic E-state index is -1.09. The van der Waals surface area contributed by atoms with Crippen LogP contribution in [0.4, 0.5) is 4.79 Å². The molecule has 4 rings (SSSR count). The number of Topliss-reactive ketones (excluding diaryl/α,β-unsaturated/α-hetero) is 1. The first-order valence-corrected chi connectivity index (χ1v) is 17.5. The van der Waals surface area contributed by atoms with Crippen LogP contribution in [0.3, 0.4) is 0 Å². The Morgan fingerprint density at radius 3 is 2.00 bits per heavy atom. The predicted octanol–water partition coefficient (Wildman–Crippen LogP) is 3.20. The van der Waals surface area contributed by atoms with Gasteiger partial charge in [-0.05, 0) is 74.5 Å². The molecule has 1 saturated heterocycles. The predicted molar refractivity (Wildman–Crippen MR) is 175 cm³/mol. The van der Waals surface area contributed by atoms with E-state index in [4.69, 9.17) is 10.5 Å². The average molecular weight is 660 g/mol. The summed E-state index contributed by atoms with van der Waals surface area (Å²) in [6.45, 7) is 15.2. The summed E-state index contributed by atoms with van der Waals surface area (Å²) in [4.78, 5) is 81.5. The highest BCUT2D eigenvalue weighted by molar-refractivity contribution is 6.37. The third-order valence-electron chi connectivity index (χ3n) is 10.9. The molecule has 1 unspecified atom stereocenters. The Kier molecular flexibility index (Phi) is 10.7. The zero-order valence-electron chi connectivity index (χ0n) is 29.6. The van der Waals surface area contributed by atoms with Gasteiger partial charge in [-0.15, -0.1) is 0 Å². The highest BCUT2D eigenvalue weighted by Gasteiger charge is 2.69. The van der Waals surface area contributed by atoms with Gasteiger partial charge in [0.05, 0.1) is 6.04 Å². The molecule has 1 aliphatic heterocycles. The molecule has 3 saturated carbocycles. The molecule has 0 radical (unpaired) electrons. The SMILES string of the molecule is CC(C)(C)OC(=O)[C@H](NC(=O)N[C@H](C(=O)N1C[C@H]2[C@@H]([C@H]1C(=O)NC(CC1CCC1)C(=O)C(N)=O)C2(C)C)C1CCCCC1)C(C)(C)C. The molecule has 1 heterocycles. The summed E-state index contributed by atoms with van der Waals surface area (Å²) in [6.07, 6.45) is 7.58. The number of carbonyl (C=O) groups excluding carboxylic acids is 6. The zero-order valence-corrected chi connectivity index (χ0v) is 29.6. The summed E-state index contributed by atoms with van der Waals surface area (Å²) in [6, 6.07) is -4.44. The van der Waals surface area contributed by atoms with Gasteiger partial charge in [-0.1, -0.05) is 73.1 Å². The summed E-state index contributed by atoms with van der Waals surface area (Å²) in [7, 11) is 0. The Balaban J connectivity index is 1.56. The molecule has 0 bridgehead atoms. The number of primary amides is 1. The van der Waals surface area contributed by atoms with E-state index in [1.807, 2.05) is 20.8 Å². The topological polar surface area (TPSA) is 177 Å². The van der Waals surface area contributed by atoms with Crippen LogP contribution in [0.15, 0.2) is 0 Å². The quantitative estimate of drug-likeness (QED) is 0.194. The van der Waals surface area contributed by atoms with E-state index in [-0.39, 0.29) is 35.0 Å². The molecule has 264 valence electrons. The summed E-state index contributed by atoms with van der Waals surface area (Å²) in [5, 5.41) is 8.51. The van der Waals surface area contributed by atoms with E-state index in [0.29, 0.717) is 13.0 Å². The van der Waals surface area contributed by atoms with E-state index >= 15 is 0 Å². The van der Waals surface area contributed by atoms with Crippen LogP contribution in [-0.4, -0.2) is 76.7 Å². The van der Waals surface area contributed by atoms with Crippen LogP contribution in [0.5, 0.6) is 0 Å². The van der Waals surface area contributed by atoms with Gasteiger partial charge in [-0.2, -0.15) is 0 Å². The van der Waals surface area contributed by atoms with Crippen molar-refractivity contribution >= 4 is 35.5 Å². The fraction of sp³-hybridized carbons (Fsp3) is 0.829. The third-order valence-corrected chi connectivity index (χ3v) is 10.9. The van der Waals surface area contributed by atoms with Crippen LogP contribution in [0.2, 0.25) is 0 Å². The Labute approximate surface area is 279 Å². The first kappa shape index (κ1) is 36.7. The number of nitrogens with two attached hydrogens (primary N) is 1. The number of hydrogen-bond acceptors (Lipinski definition) is 7. The highest BCUT2D eigenvalue weighted by Crippen LogP contribution is 2.65. The largest absolute Gasteiger partial charge is 0.458 e. The standard InChI is InChI=1S/C35H57N5O7/c1-33(2,3)27(31(45)47-34(4,5)6)39-32(46)38-24(20-15-10-9-11-16-20)30(44)40-18-21-23(35(21,7)8)25(40)29(43)37-22(26(41)28(36)42)17-19-13-12-14-19/h19-25,27H,9-18H2,1-8H3,(H2,36,42)(H,37,43)(H2,38,39,46)/t21-,22?,23-,24-,25-,27-/m0/s1. The molecule has 0 spiro atoms. The van der Waals surface area contributed by atoms with Crippen LogP contribution in [0.25, 0.3) is 0 Å². The van der Waals surface area contributed by atoms with Crippen molar-refractivity contribution < 1.29 is 33.5 Å². The fourth-order valence-corrected chi connectivity index (χ4v) is 7.87. The van der Waals surface area contributed by atoms with E-state index in [0.717, 1.165) is 51.4 Å². The maximum atomic E-state index is 14.5. The Morgan fingerprint density at radius 2 is 1.49 bits per heavy atom. The first-order chi connectivity index (χ1) is 21.7. The summed E-state index contributed by atoms with van der Waals surface area (Å²) in [5.74, 6) is -3.28. The molecule has 5 amide bonds. The molecule has 12 nitrogen and oxygen atoms in total. The average Bonchev–Trinajstić information content (AvgIpc) is 3.25. The molecule has 4 aliphatic rings. The van der Waals surface area contributed by atoms with Gasteiger partial charge in [0.15, 0.2) is 0 Å². The van der Waals surface area contributed by atoms with Crippen molar-refractivity contribution in [3.63, 3.8) is 0 Å². The van der Waals surface area contributed by atoms with Gasteiger partial charge < -0.3 is 31.3 Å². The maximum absolute atomic E-state index is 14.5. The van der Waals surface area contributed by atoms with Gasteiger partial charge in [0.2, 0.25) is 17.6 Å². The first-order valence-electron chi connectivity index (χ1n) is 17.5. The molecule has 0 aromatic heterocycles. The number of amides is 5. The number of hydrogen-bond donors (Lipinski definition) is 4. The van der Waals surface area contributed by atoms with Crippen LogP contribution in [-0.2, 0) is 28.7 Å². The Hall–Kier alpha value is -3.18. The third kappa shape index (κ3) is 8.46. The molecule has 6 atom stereocenters. The van der Waals surface area contributed by atoms with Gasteiger partial charge in [0, 0.05) is 6.54 Å². The number of esters is 1. The van der Waals surface area contributed by atoms with Crippen molar-refractivity contribution in [1.82, 2.24) is 20.9 Å². The lowest BCUT2D eigenvalue weighted by atomic mass is 9.80. The minimum absolute atomic E-state index is 0.0809. The summed E-state index contributed by atoms with van der Waals surface area (Å²) < 4.78 is 5.60. The van der Waals surface area contributed by atoms with E-state index < -0.39 is 64.8 Å². The lowest BCUT2D eigenvalue weighted by molar-refractivity contribution is -0.160. The Bertz CT molecular complexity index is 1240. The summed E-state index contributed by atoms with van der Waals surface area (Å²) in [5.41, 5.74) is 3.74. The number of piperidine rings is 1. The number of nitrogens with zero attached hydrogens (tertiary/aromatic N) is 1. The molecular formula is C35H57N5O7. The number of nitrogens with one attached hydrogen (secondary N) is 3. The van der Waals surface area contributed by atoms with Gasteiger partial charge in [0.25, 0.3) is 5.91 Å². The van der Waals surface area contributed by atoms with E-state index in [1.165, 1.54) is 0 Å². The van der Waals surface area contributed by atoms with Crippen molar-refractivity contribution in [1.29, 1.82) is 0 Å². The number of carbonyl (C=O) groups is 6. The molecule has 12 heteroatoms. The van der Waals surface area contributed by atoms with Gasteiger partial charge >= 0.3 is 12.0 Å². The van der Waals surface area contributed by atoms with E-state index in [2.05, 4.69) is 29.8 Å². The van der Waals surface area contributed by atoms with Crippen LogP contribution >= 0.6 is 0 Å². The number of ether oxygens (including phenoxy) is 1. The van der Waals surface area contributed by atoms with Crippen LogP contribution < -0.4 is 21.7 Å². The molecule has 4 fully saturated rings.